The molecule has 8 nitrogen and oxygen atoms in total. The first kappa shape index (κ1) is 31.0. The fraction of sp³-hybridized carbons (Fsp3) is 0.500. The molecule has 0 fully saturated rings. The van der Waals surface area contributed by atoms with Crippen molar-refractivity contribution in [2.24, 2.45) is 5.14 Å². The van der Waals surface area contributed by atoms with Crippen molar-refractivity contribution in [3.63, 3.8) is 0 Å². The van der Waals surface area contributed by atoms with Crippen LogP contribution in [0.15, 0.2) is 47.4 Å². The second-order valence-corrected chi connectivity index (χ2v) is 11.0. The van der Waals surface area contributed by atoms with E-state index in [0.717, 1.165) is 75.8 Å². The number of hydrogen-bond acceptors (Lipinski definition) is 7. The number of unbranched alkanes of at least 4 members (excludes halogenated alkanes) is 4. The Bertz CT molecular complexity index is 1090. The largest absolute Gasteiger partial charge is 0.508 e. The van der Waals surface area contributed by atoms with Crippen molar-refractivity contribution >= 4 is 16.1 Å². The van der Waals surface area contributed by atoms with Gasteiger partial charge in [-0.05, 0) is 80.5 Å². The SMILES string of the molecule is C/C(=C\c1cccc(CCCCOCCCCCCNCC(O)c2ccc(O)c(CO)c2)c1)S(N)(=O)=O. The summed E-state index contributed by atoms with van der Waals surface area (Å²) in [6, 6.07) is 12.6. The molecule has 1 atom stereocenters. The second kappa shape index (κ2) is 16.5. The Hall–Kier alpha value is -2.27. The first-order valence-electron chi connectivity index (χ1n) is 12.9. The lowest BCUT2D eigenvalue weighted by Gasteiger charge is -2.14. The number of phenols is 1. The molecule has 0 aliphatic heterocycles. The molecule has 0 amide bonds. The molecule has 2 aromatic rings. The van der Waals surface area contributed by atoms with Crippen LogP contribution in [0.5, 0.6) is 5.75 Å². The number of aliphatic hydroxyl groups is 2. The first-order valence-corrected chi connectivity index (χ1v) is 14.4. The van der Waals surface area contributed by atoms with Gasteiger partial charge in [-0.25, -0.2) is 13.6 Å². The number of nitrogens with one attached hydrogen (secondary N) is 1. The van der Waals surface area contributed by atoms with Crippen LogP contribution in [0.1, 0.15) is 73.8 Å². The van der Waals surface area contributed by atoms with Crippen LogP contribution >= 0.6 is 0 Å². The Morgan fingerprint density at radius 2 is 1.78 bits per heavy atom. The van der Waals surface area contributed by atoms with Crippen molar-refractivity contribution in [2.45, 2.75) is 64.6 Å². The molecule has 0 heterocycles. The smallest absolute Gasteiger partial charge is 0.233 e. The van der Waals surface area contributed by atoms with Gasteiger partial charge >= 0.3 is 0 Å². The number of primary sulfonamides is 1. The number of hydrogen-bond donors (Lipinski definition) is 5. The molecule has 2 rings (SSSR count). The molecule has 9 heteroatoms. The minimum absolute atomic E-state index is 0.0333. The molecule has 0 aromatic heterocycles. The highest BCUT2D eigenvalue weighted by Crippen LogP contribution is 2.22. The van der Waals surface area contributed by atoms with Crippen LogP contribution in [0.2, 0.25) is 0 Å². The van der Waals surface area contributed by atoms with Crippen molar-refractivity contribution in [3.05, 3.63) is 69.6 Å². The van der Waals surface area contributed by atoms with Crippen LogP contribution in [-0.2, 0) is 27.8 Å². The van der Waals surface area contributed by atoms with E-state index in [9.17, 15) is 23.7 Å². The number of aliphatic hydroxyl groups excluding tert-OH is 2. The van der Waals surface area contributed by atoms with Crippen molar-refractivity contribution in [1.82, 2.24) is 5.32 Å². The van der Waals surface area contributed by atoms with Gasteiger partial charge in [-0.3, -0.25) is 0 Å². The van der Waals surface area contributed by atoms with Gasteiger partial charge in [0.25, 0.3) is 0 Å². The monoisotopic (exact) mass is 534 g/mol. The first-order chi connectivity index (χ1) is 17.7. The lowest BCUT2D eigenvalue weighted by molar-refractivity contribution is 0.126. The molecule has 6 N–H and O–H groups in total. The van der Waals surface area contributed by atoms with Crippen LogP contribution < -0.4 is 10.5 Å². The third-order valence-electron chi connectivity index (χ3n) is 6.16. The maximum Gasteiger partial charge on any atom is 0.233 e. The number of sulfonamides is 1. The van der Waals surface area contributed by atoms with Gasteiger partial charge in [-0.15, -0.1) is 0 Å². The lowest BCUT2D eigenvalue weighted by Crippen LogP contribution is -2.22. The molecular weight excluding hydrogens is 492 g/mol. The minimum Gasteiger partial charge on any atom is -0.508 e. The van der Waals surface area contributed by atoms with Gasteiger partial charge in [0.15, 0.2) is 0 Å². The molecule has 0 spiro atoms. The fourth-order valence-electron chi connectivity index (χ4n) is 3.89. The Labute approximate surface area is 221 Å². The third kappa shape index (κ3) is 12.2. The molecule has 0 aliphatic carbocycles. The van der Waals surface area contributed by atoms with E-state index in [0.29, 0.717) is 17.7 Å². The third-order valence-corrected chi connectivity index (χ3v) is 7.18. The van der Waals surface area contributed by atoms with E-state index >= 15 is 0 Å². The van der Waals surface area contributed by atoms with Crippen molar-refractivity contribution < 1.29 is 28.5 Å². The number of aromatic hydroxyl groups is 1. The standard InChI is InChI=1S/C28H42N2O6S/c1-22(37(29,34)35)17-24-11-8-10-23(18-24)9-4-7-16-36-15-6-3-2-5-14-30-20-28(33)25-12-13-27(32)26(19-25)21-31/h8,10-13,17-19,28,30-33H,2-7,9,14-16,20-21H2,1H3,(H2,29,34,35)/b22-17+. The van der Waals surface area contributed by atoms with Crippen molar-refractivity contribution in [1.29, 1.82) is 0 Å². The zero-order chi connectivity index (χ0) is 27.1. The quantitative estimate of drug-likeness (QED) is 0.183. The van der Waals surface area contributed by atoms with Gasteiger partial charge in [0, 0.05) is 25.3 Å². The highest BCUT2D eigenvalue weighted by molar-refractivity contribution is 7.93. The maximum absolute atomic E-state index is 11.4. The zero-order valence-electron chi connectivity index (χ0n) is 21.7. The minimum atomic E-state index is -3.65. The number of rotatable bonds is 18. The summed E-state index contributed by atoms with van der Waals surface area (Å²) in [5, 5.41) is 37.5. The number of allylic oxidation sites excluding steroid dienone is 1. The van der Waals surface area contributed by atoms with E-state index in [-0.39, 0.29) is 17.3 Å². The summed E-state index contributed by atoms with van der Waals surface area (Å²) in [5.41, 5.74) is 3.08. The van der Waals surface area contributed by atoms with Crippen LogP contribution in [0.25, 0.3) is 6.08 Å². The fourth-order valence-corrected chi connectivity index (χ4v) is 4.19. The molecule has 0 aliphatic rings. The lowest BCUT2D eigenvalue weighted by atomic mass is 10.1. The van der Waals surface area contributed by atoms with Gasteiger partial charge in [0.2, 0.25) is 10.0 Å². The Morgan fingerprint density at radius 3 is 2.51 bits per heavy atom. The van der Waals surface area contributed by atoms with E-state index in [2.05, 4.69) is 5.32 Å². The summed E-state index contributed by atoms with van der Waals surface area (Å²) >= 11 is 0. The van der Waals surface area contributed by atoms with Gasteiger partial charge in [0.1, 0.15) is 5.75 Å². The molecular formula is C28H42N2O6S. The summed E-state index contributed by atoms with van der Waals surface area (Å²) in [7, 11) is -3.65. The van der Waals surface area contributed by atoms with Crippen molar-refractivity contribution in [2.75, 3.05) is 26.3 Å². The molecule has 37 heavy (non-hydrogen) atoms. The summed E-state index contributed by atoms with van der Waals surface area (Å²) in [4.78, 5) is 0.150. The molecule has 0 radical (unpaired) electrons. The van der Waals surface area contributed by atoms with Crippen LogP contribution in [0.4, 0.5) is 0 Å². The van der Waals surface area contributed by atoms with E-state index in [1.165, 1.54) is 13.0 Å². The second-order valence-electron chi connectivity index (χ2n) is 9.29. The summed E-state index contributed by atoms with van der Waals surface area (Å²) < 4.78 is 28.5. The van der Waals surface area contributed by atoms with Crippen LogP contribution in [0, 0.1) is 0 Å². The van der Waals surface area contributed by atoms with Gasteiger partial charge < -0.3 is 25.4 Å². The van der Waals surface area contributed by atoms with Crippen LogP contribution in [0.3, 0.4) is 0 Å². The topological polar surface area (TPSA) is 142 Å². The van der Waals surface area contributed by atoms with E-state index in [1.54, 1.807) is 18.2 Å². The van der Waals surface area contributed by atoms with E-state index in [1.807, 2.05) is 24.3 Å². The number of ether oxygens (including phenoxy) is 1. The number of benzene rings is 2. The molecule has 0 saturated heterocycles. The predicted octanol–water partition coefficient (Wildman–Crippen LogP) is 3.76. The summed E-state index contributed by atoms with van der Waals surface area (Å²) in [6.07, 6.45) is 8.04. The Kier molecular flexibility index (Phi) is 13.8. The molecule has 1 unspecified atom stereocenters. The Balaban J connectivity index is 1.47. The van der Waals surface area contributed by atoms with Crippen molar-refractivity contribution in [3.8, 4) is 5.75 Å². The van der Waals surface area contributed by atoms with Gasteiger partial charge in [0.05, 0.1) is 17.6 Å². The Morgan fingerprint density at radius 1 is 1.05 bits per heavy atom. The average Bonchev–Trinajstić information content (AvgIpc) is 2.86. The van der Waals surface area contributed by atoms with E-state index < -0.39 is 16.1 Å². The van der Waals surface area contributed by atoms with Crippen LogP contribution in [-0.4, -0.2) is 50.0 Å². The molecule has 206 valence electrons. The number of nitrogens with two attached hydrogens (primary N) is 1. The number of aryl methyl sites for hydroxylation is 1. The predicted molar refractivity (Wildman–Crippen MR) is 147 cm³/mol. The zero-order valence-corrected chi connectivity index (χ0v) is 22.5. The highest BCUT2D eigenvalue weighted by atomic mass is 32.2. The average molecular weight is 535 g/mol. The highest BCUT2D eigenvalue weighted by Gasteiger charge is 2.10. The molecule has 0 saturated carbocycles. The summed E-state index contributed by atoms with van der Waals surface area (Å²) in [5.74, 6) is 0.0333. The molecule has 0 bridgehead atoms. The molecule has 2 aromatic carbocycles. The van der Waals surface area contributed by atoms with E-state index in [4.69, 9.17) is 9.88 Å². The maximum atomic E-state index is 11.4. The summed E-state index contributed by atoms with van der Waals surface area (Å²) in [6.45, 7) is 3.98. The van der Waals surface area contributed by atoms with Gasteiger partial charge in [-0.1, -0.05) is 43.2 Å². The van der Waals surface area contributed by atoms with Gasteiger partial charge in [-0.2, -0.15) is 0 Å². The normalized spacial score (nSPS) is 13.1.